The third-order valence-corrected chi connectivity index (χ3v) is 3.90. The molecule has 3 atom stereocenters. The lowest BCUT2D eigenvalue weighted by Gasteiger charge is -2.35. The summed E-state index contributed by atoms with van der Waals surface area (Å²) in [5.74, 6) is 1.85. The van der Waals surface area contributed by atoms with Gasteiger partial charge in [-0.05, 0) is 30.4 Å². The Hall–Kier alpha value is -1.66. The first-order chi connectivity index (χ1) is 10.4. The zero-order valence-corrected chi connectivity index (χ0v) is 13.1. The first-order valence-corrected chi connectivity index (χ1v) is 7.71. The molecule has 0 amide bonds. The van der Waals surface area contributed by atoms with Gasteiger partial charge in [-0.1, -0.05) is 13.8 Å². The number of rotatable bonds is 6. The zero-order valence-electron chi connectivity index (χ0n) is 13.1. The minimum atomic E-state index is -0.562. The number of benzene rings is 1. The number of ether oxygens (including phenoxy) is 1. The molecule has 1 saturated heterocycles. The number of hydrogen-bond donors (Lipinski definition) is 1. The van der Waals surface area contributed by atoms with Gasteiger partial charge in [0.1, 0.15) is 18.5 Å². The highest BCUT2D eigenvalue weighted by molar-refractivity contribution is 5.35. The van der Waals surface area contributed by atoms with E-state index in [4.69, 9.17) is 4.74 Å². The van der Waals surface area contributed by atoms with Crippen molar-refractivity contribution in [3.63, 3.8) is 0 Å². The minimum absolute atomic E-state index is 0.0317. The number of nitro benzene ring substituents is 1. The third-order valence-electron chi connectivity index (χ3n) is 3.90. The molecule has 0 aromatic heterocycles. The third kappa shape index (κ3) is 4.96. The molecule has 1 fully saturated rings. The average Bonchev–Trinajstić information content (AvgIpc) is 2.44. The normalized spacial score (nSPS) is 24.0. The van der Waals surface area contributed by atoms with E-state index < -0.39 is 11.0 Å². The molecule has 0 aliphatic carbocycles. The quantitative estimate of drug-likeness (QED) is 0.644. The van der Waals surface area contributed by atoms with Crippen molar-refractivity contribution in [1.29, 1.82) is 0 Å². The van der Waals surface area contributed by atoms with Gasteiger partial charge in [0.15, 0.2) is 0 Å². The largest absolute Gasteiger partial charge is 0.491 e. The summed E-state index contributed by atoms with van der Waals surface area (Å²) in [7, 11) is 0. The summed E-state index contributed by atoms with van der Waals surface area (Å²) in [6, 6.07) is 5.90. The molecule has 1 aliphatic rings. The van der Waals surface area contributed by atoms with Crippen LogP contribution in [0.2, 0.25) is 0 Å². The topological polar surface area (TPSA) is 75.8 Å². The van der Waals surface area contributed by atoms with Crippen LogP contribution in [0.3, 0.4) is 0 Å². The van der Waals surface area contributed by atoms with Crippen molar-refractivity contribution >= 4 is 5.69 Å². The smallest absolute Gasteiger partial charge is 0.269 e. The monoisotopic (exact) mass is 308 g/mol. The fourth-order valence-electron chi connectivity index (χ4n) is 3.15. The molecule has 1 aliphatic heterocycles. The summed E-state index contributed by atoms with van der Waals surface area (Å²) < 4.78 is 5.50. The number of aliphatic hydroxyl groups excluding tert-OH is 1. The van der Waals surface area contributed by atoms with Crippen molar-refractivity contribution < 1.29 is 14.8 Å². The summed E-state index contributed by atoms with van der Waals surface area (Å²) in [4.78, 5) is 12.4. The van der Waals surface area contributed by atoms with E-state index >= 15 is 0 Å². The molecular formula is C16H24N2O4. The molecule has 22 heavy (non-hydrogen) atoms. The van der Waals surface area contributed by atoms with E-state index in [9.17, 15) is 15.2 Å². The second-order valence-electron chi connectivity index (χ2n) is 6.38. The van der Waals surface area contributed by atoms with E-state index in [1.807, 2.05) is 0 Å². The molecule has 1 N–H and O–H groups in total. The SMILES string of the molecule is C[C@@H]1C[C@H](C)CN(C[C@H](O)COc2ccc([N+](=O)[O-])cc2)C1. The first-order valence-electron chi connectivity index (χ1n) is 7.71. The van der Waals surface area contributed by atoms with Gasteiger partial charge in [-0.15, -0.1) is 0 Å². The maximum absolute atomic E-state index is 10.6. The average molecular weight is 308 g/mol. The summed E-state index contributed by atoms with van der Waals surface area (Å²) in [6.45, 7) is 7.29. The van der Waals surface area contributed by atoms with Gasteiger partial charge in [0.05, 0.1) is 4.92 Å². The van der Waals surface area contributed by atoms with Crippen LogP contribution in [0, 0.1) is 22.0 Å². The van der Waals surface area contributed by atoms with Gasteiger partial charge < -0.3 is 14.7 Å². The van der Waals surface area contributed by atoms with Crippen LogP contribution in [0.15, 0.2) is 24.3 Å². The van der Waals surface area contributed by atoms with Crippen LogP contribution in [0.5, 0.6) is 5.75 Å². The predicted octanol–water partition coefficient (Wildman–Crippen LogP) is 2.31. The van der Waals surface area contributed by atoms with Crippen LogP contribution < -0.4 is 4.74 Å². The van der Waals surface area contributed by atoms with Crippen LogP contribution in [0.25, 0.3) is 0 Å². The Balaban J connectivity index is 1.77. The summed E-state index contributed by atoms with van der Waals surface area (Å²) in [6.07, 6.45) is 0.680. The minimum Gasteiger partial charge on any atom is -0.491 e. The molecule has 6 nitrogen and oxygen atoms in total. The number of aliphatic hydroxyl groups is 1. The maximum Gasteiger partial charge on any atom is 0.269 e. The maximum atomic E-state index is 10.6. The van der Waals surface area contributed by atoms with E-state index in [2.05, 4.69) is 18.7 Å². The van der Waals surface area contributed by atoms with E-state index in [-0.39, 0.29) is 12.3 Å². The van der Waals surface area contributed by atoms with Crippen LogP contribution in [0.1, 0.15) is 20.3 Å². The number of nitrogens with zero attached hydrogens (tertiary/aromatic N) is 2. The molecule has 1 aromatic rings. The Morgan fingerprint density at radius 3 is 2.45 bits per heavy atom. The number of likely N-dealkylation sites (tertiary alicyclic amines) is 1. The Bertz CT molecular complexity index is 481. The van der Waals surface area contributed by atoms with E-state index in [0.717, 1.165) is 13.1 Å². The lowest BCUT2D eigenvalue weighted by atomic mass is 9.92. The molecule has 0 unspecified atom stereocenters. The van der Waals surface area contributed by atoms with Gasteiger partial charge in [-0.25, -0.2) is 0 Å². The molecule has 6 heteroatoms. The molecule has 2 rings (SSSR count). The fraction of sp³-hybridized carbons (Fsp3) is 0.625. The van der Waals surface area contributed by atoms with E-state index in [1.54, 1.807) is 12.1 Å². The Kier molecular flexibility index (Phi) is 5.74. The van der Waals surface area contributed by atoms with Crippen molar-refractivity contribution in [1.82, 2.24) is 4.90 Å². The summed E-state index contributed by atoms with van der Waals surface area (Å²) >= 11 is 0. The second kappa shape index (κ2) is 7.56. The van der Waals surface area contributed by atoms with Gasteiger partial charge in [0, 0.05) is 31.8 Å². The summed E-state index contributed by atoms with van der Waals surface area (Å²) in [5, 5.41) is 20.7. The highest BCUT2D eigenvalue weighted by atomic mass is 16.6. The lowest BCUT2D eigenvalue weighted by molar-refractivity contribution is -0.384. The molecular weight excluding hydrogens is 284 g/mol. The fourth-order valence-corrected chi connectivity index (χ4v) is 3.15. The zero-order chi connectivity index (χ0) is 16.1. The molecule has 1 aromatic carbocycles. The Labute approximate surface area is 130 Å². The van der Waals surface area contributed by atoms with Gasteiger partial charge in [-0.3, -0.25) is 10.1 Å². The highest BCUT2D eigenvalue weighted by Crippen LogP contribution is 2.21. The lowest BCUT2D eigenvalue weighted by Crippen LogP contribution is -2.43. The van der Waals surface area contributed by atoms with E-state index in [1.165, 1.54) is 18.6 Å². The van der Waals surface area contributed by atoms with Crippen LogP contribution in [-0.2, 0) is 0 Å². The molecule has 0 saturated carbocycles. The first kappa shape index (κ1) is 16.7. The number of piperidine rings is 1. The van der Waals surface area contributed by atoms with Crippen LogP contribution in [-0.4, -0.2) is 47.3 Å². The number of nitro groups is 1. The van der Waals surface area contributed by atoms with Crippen molar-refractivity contribution in [2.45, 2.75) is 26.4 Å². The molecule has 0 radical (unpaired) electrons. The van der Waals surface area contributed by atoms with Crippen molar-refractivity contribution in [3.8, 4) is 5.75 Å². The van der Waals surface area contributed by atoms with Crippen molar-refractivity contribution in [2.24, 2.45) is 11.8 Å². The van der Waals surface area contributed by atoms with Crippen molar-refractivity contribution in [3.05, 3.63) is 34.4 Å². The molecule has 122 valence electrons. The number of non-ortho nitro benzene ring substituents is 1. The van der Waals surface area contributed by atoms with Crippen LogP contribution >= 0.6 is 0 Å². The van der Waals surface area contributed by atoms with Crippen molar-refractivity contribution in [2.75, 3.05) is 26.2 Å². The standard InChI is InChI=1S/C16H24N2O4/c1-12-7-13(2)9-17(8-12)10-15(19)11-22-16-5-3-14(4-6-16)18(20)21/h3-6,12-13,15,19H,7-11H2,1-2H3/t12-,13+,15-/m0/s1. The van der Waals surface area contributed by atoms with E-state index in [0.29, 0.717) is 24.1 Å². The molecule has 0 bridgehead atoms. The molecule has 1 heterocycles. The second-order valence-corrected chi connectivity index (χ2v) is 6.38. The van der Waals surface area contributed by atoms with Crippen LogP contribution in [0.4, 0.5) is 5.69 Å². The van der Waals surface area contributed by atoms with Gasteiger partial charge in [0.2, 0.25) is 0 Å². The number of hydrogen-bond acceptors (Lipinski definition) is 5. The Morgan fingerprint density at radius 1 is 1.32 bits per heavy atom. The highest BCUT2D eigenvalue weighted by Gasteiger charge is 2.23. The summed E-state index contributed by atoms with van der Waals surface area (Å²) in [5.41, 5.74) is 0.0317. The number of β-amino-alcohol motifs (C(OH)–C–C–N with tert-alkyl or cyclic N) is 1. The van der Waals surface area contributed by atoms with Gasteiger partial charge in [0.25, 0.3) is 5.69 Å². The predicted molar refractivity (Wildman–Crippen MR) is 84.0 cm³/mol. The Morgan fingerprint density at radius 2 is 1.91 bits per heavy atom. The van der Waals surface area contributed by atoms with Gasteiger partial charge >= 0.3 is 0 Å². The molecule has 0 spiro atoms. The van der Waals surface area contributed by atoms with Gasteiger partial charge in [-0.2, -0.15) is 0 Å².